The average molecular weight is 428 g/mol. The van der Waals surface area contributed by atoms with Crippen LogP contribution in [-0.4, -0.2) is 72.5 Å². The van der Waals surface area contributed by atoms with Crippen LogP contribution in [0.3, 0.4) is 0 Å². The van der Waals surface area contributed by atoms with E-state index in [-0.39, 0.29) is 25.2 Å². The van der Waals surface area contributed by atoms with E-state index in [4.69, 9.17) is 16.6 Å². The summed E-state index contributed by atoms with van der Waals surface area (Å²) in [5, 5.41) is 19.1. The molecule has 4 amide bonds. The zero-order valence-corrected chi connectivity index (χ0v) is 16.9. The Kier molecular flexibility index (Phi) is 11.4. The van der Waals surface area contributed by atoms with Gasteiger partial charge in [-0.25, -0.2) is 0 Å². The molecular weight excluding hydrogens is 396 g/mol. The molecule has 30 heavy (non-hydrogen) atoms. The zero-order chi connectivity index (χ0) is 22.5. The van der Waals surface area contributed by atoms with E-state index >= 15 is 0 Å². The summed E-state index contributed by atoms with van der Waals surface area (Å²) < 4.78 is 0. The molecule has 0 spiro atoms. The lowest BCUT2D eigenvalue weighted by atomic mass is 10.1. The van der Waals surface area contributed by atoms with Crippen LogP contribution in [0.1, 0.15) is 44.9 Å². The van der Waals surface area contributed by atoms with E-state index in [2.05, 4.69) is 21.3 Å². The van der Waals surface area contributed by atoms with Crippen molar-refractivity contribution in [1.82, 2.24) is 21.3 Å². The lowest BCUT2D eigenvalue weighted by Crippen LogP contribution is -2.56. The molecule has 12 heteroatoms. The standard InChI is InChI=1S/C18H32N6O6/c19-8-2-1-4-12(16(28)22-10-15(26)27)23-18(30)13(6-7-14(20)25)24-17(29)11-5-3-9-21-11/h11-13,21H,1-10,19H2,(H2,20,25)(H,22,28)(H,23,30)(H,24,29)(H,26,27). The highest BCUT2D eigenvalue weighted by atomic mass is 16.4. The fourth-order valence-corrected chi connectivity index (χ4v) is 3.06. The monoisotopic (exact) mass is 428 g/mol. The molecule has 3 unspecified atom stereocenters. The number of aliphatic carboxylic acids is 1. The number of carboxylic acid groups (broad SMARTS) is 1. The van der Waals surface area contributed by atoms with Gasteiger partial charge in [-0.15, -0.1) is 0 Å². The summed E-state index contributed by atoms with van der Waals surface area (Å²) in [7, 11) is 0. The number of nitrogens with one attached hydrogen (secondary N) is 4. The first kappa shape index (κ1) is 25.3. The summed E-state index contributed by atoms with van der Waals surface area (Å²) in [6, 6.07) is -2.48. The average Bonchev–Trinajstić information content (AvgIpc) is 3.23. The molecule has 1 fully saturated rings. The van der Waals surface area contributed by atoms with Gasteiger partial charge in [0.05, 0.1) is 6.04 Å². The number of primary amides is 1. The number of carboxylic acids is 1. The van der Waals surface area contributed by atoms with Crippen LogP contribution in [0.25, 0.3) is 0 Å². The van der Waals surface area contributed by atoms with Gasteiger partial charge in [-0.1, -0.05) is 0 Å². The molecule has 0 bridgehead atoms. The van der Waals surface area contributed by atoms with Gasteiger partial charge in [0.1, 0.15) is 18.6 Å². The lowest BCUT2D eigenvalue weighted by molar-refractivity contribution is -0.138. The smallest absolute Gasteiger partial charge is 0.322 e. The summed E-state index contributed by atoms with van der Waals surface area (Å²) in [4.78, 5) is 59.3. The van der Waals surface area contributed by atoms with Gasteiger partial charge in [-0.2, -0.15) is 0 Å². The normalized spacial score (nSPS) is 17.6. The van der Waals surface area contributed by atoms with Gasteiger partial charge in [0.25, 0.3) is 0 Å². The molecule has 9 N–H and O–H groups in total. The number of amides is 4. The third-order valence-electron chi connectivity index (χ3n) is 4.68. The van der Waals surface area contributed by atoms with Crippen molar-refractivity contribution in [3.63, 3.8) is 0 Å². The third-order valence-corrected chi connectivity index (χ3v) is 4.68. The highest BCUT2D eigenvalue weighted by Crippen LogP contribution is 2.08. The number of nitrogens with two attached hydrogens (primary N) is 2. The minimum atomic E-state index is -1.22. The van der Waals surface area contributed by atoms with E-state index in [1.54, 1.807) is 0 Å². The van der Waals surface area contributed by atoms with Crippen LogP contribution in [0.4, 0.5) is 0 Å². The SMILES string of the molecule is NCCCCC(NC(=O)C(CCC(N)=O)NC(=O)C1CCCN1)C(=O)NCC(=O)O. The number of hydrogen-bond acceptors (Lipinski definition) is 7. The van der Waals surface area contributed by atoms with Crippen molar-refractivity contribution in [2.45, 2.75) is 63.1 Å². The fraction of sp³-hybridized carbons (Fsp3) is 0.722. The van der Waals surface area contributed by atoms with Crippen molar-refractivity contribution in [3.8, 4) is 0 Å². The van der Waals surface area contributed by atoms with E-state index in [0.29, 0.717) is 32.4 Å². The number of rotatable bonds is 14. The molecule has 0 saturated carbocycles. The van der Waals surface area contributed by atoms with Crippen LogP contribution < -0.4 is 32.7 Å². The van der Waals surface area contributed by atoms with Crippen molar-refractivity contribution in [3.05, 3.63) is 0 Å². The lowest BCUT2D eigenvalue weighted by Gasteiger charge is -2.24. The predicted molar refractivity (Wildman–Crippen MR) is 107 cm³/mol. The maximum Gasteiger partial charge on any atom is 0.322 e. The largest absolute Gasteiger partial charge is 0.480 e. The predicted octanol–water partition coefficient (Wildman–Crippen LogP) is -2.70. The molecule has 0 radical (unpaired) electrons. The van der Waals surface area contributed by atoms with Crippen LogP contribution in [-0.2, 0) is 24.0 Å². The minimum Gasteiger partial charge on any atom is -0.480 e. The molecule has 0 aromatic heterocycles. The first-order chi connectivity index (χ1) is 14.2. The Balaban J connectivity index is 2.80. The van der Waals surface area contributed by atoms with E-state index < -0.39 is 48.4 Å². The van der Waals surface area contributed by atoms with Crippen molar-refractivity contribution < 1.29 is 29.1 Å². The maximum absolute atomic E-state index is 12.8. The molecule has 12 nitrogen and oxygen atoms in total. The number of hydrogen-bond donors (Lipinski definition) is 7. The molecule has 1 rings (SSSR count). The van der Waals surface area contributed by atoms with Crippen LogP contribution in [0.5, 0.6) is 0 Å². The van der Waals surface area contributed by atoms with Crippen molar-refractivity contribution in [2.24, 2.45) is 11.5 Å². The van der Waals surface area contributed by atoms with E-state index in [0.717, 1.165) is 6.42 Å². The second-order valence-corrected chi connectivity index (χ2v) is 7.17. The molecule has 1 aliphatic heterocycles. The van der Waals surface area contributed by atoms with Gasteiger partial charge < -0.3 is 37.8 Å². The quantitative estimate of drug-likeness (QED) is 0.145. The van der Waals surface area contributed by atoms with Crippen LogP contribution >= 0.6 is 0 Å². The van der Waals surface area contributed by atoms with Gasteiger partial charge in [-0.05, 0) is 51.6 Å². The van der Waals surface area contributed by atoms with Crippen molar-refractivity contribution in [2.75, 3.05) is 19.6 Å². The molecular formula is C18H32N6O6. The van der Waals surface area contributed by atoms with Gasteiger partial charge >= 0.3 is 5.97 Å². The minimum absolute atomic E-state index is 0.0219. The molecule has 1 aliphatic rings. The van der Waals surface area contributed by atoms with Crippen LogP contribution in [0, 0.1) is 0 Å². The molecule has 170 valence electrons. The fourth-order valence-electron chi connectivity index (χ4n) is 3.06. The van der Waals surface area contributed by atoms with Crippen molar-refractivity contribution >= 4 is 29.6 Å². The number of carbonyl (C=O) groups is 5. The summed E-state index contributed by atoms with van der Waals surface area (Å²) in [6.45, 7) is 0.517. The highest BCUT2D eigenvalue weighted by molar-refractivity contribution is 5.94. The Morgan fingerprint density at radius 2 is 1.73 bits per heavy atom. The van der Waals surface area contributed by atoms with Gasteiger partial charge in [0, 0.05) is 6.42 Å². The van der Waals surface area contributed by atoms with E-state index in [1.807, 2.05) is 0 Å². The first-order valence-electron chi connectivity index (χ1n) is 10.1. The van der Waals surface area contributed by atoms with Crippen LogP contribution in [0.2, 0.25) is 0 Å². The van der Waals surface area contributed by atoms with Crippen LogP contribution in [0.15, 0.2) is 0 Å². The van der Waals surface area contributed by atoms with E-state index in [1.165, 1.54) is 0 Å². The topological polar surface area (TPSA) is 206 Å². The van der Waals surface area contributed by atoms with Crippen molar-refractivity contribution in [1.29, 1.82) is 0 Å². The van der Waals surface area contributed by atoms with Gasteiger partial charge in [-0.3, -0.25) is 24.0 Å². The second kappa shape index (κ2) is 13.5. The molecule has 0 aromatic rings. The summed E-state index contributed by atoms with van der Waals surface area (Å²) in [5.41, 5.74) is 10.6. The summed E-state index contributed by atoms with van der Waals surface area (Å²) in [6.07, 6.45) is 2.72. The highest BCUT2D eigenvalue weighted by Gasteiger charge is 2.30. The molecule has 3 atom stereocenters. The summed E-state index contributed by atoms with van der Waals surface area (Å²) >= 11 is 0. The van der Waals surface area contributed by atoms with Gasteiger partial charge in [0.15, 0.2) is 0 Å². The number of carbonyl (C=O) groups excluding carboxylic acids is 4. The Bertz CT molecular complexity index is 622. The van der Waals surface area contributed by atoms with Gasteiger partial charge in [0.2, 0.25) is 23.6 Å². The Labute approximate surface area is 174 Å². The molecule has 0 aliphatic carbocycles. The first-order valence-corrected chi connectivity index (χ1v) is 10.1. The Hall–Kier alpha value is -2.73. The zero-order valence-electron chi connectivity index (χ0n) is 16.9. The summed E-state index contributed by atoms with van der Waals surface area (Å²) in [5.74, 6) is -3.51. The second-order valence-electron chi connectivity index (χ2n) is 7.17. The molecule has 0 aromatic carbocycles. The van der Waals surface area contributed by atoms with E-state index in [9.17, 15) is 24.0 Å². The molecule has 1 heterocycles. The third kappa shape index (κ3) is 9.65. The Morgan fingerprint density at radius 3 is 2.30 bits per heavy atom. The molecule has 1 saturated heterocycles. The Morgan fingerprint density at radius 1 is 1.03 bits per heavy atom. The number of unbranched alkanes of at least 4 members (excludes halogenated alkanes) is 1. The maximum atomic E-state index is 12.8.